The van der Waals surface area contributed by atoms with E-state index in [0.29, 0.717) is 0 Å². The van der Waals surface area contributed by atoms with Crippen molar-refractivity contribution in [2.24, 2.45) is 0 Å². The van der Waals surface area contributed by atoms with Crippen LogP contribution in [0.15, 0.2) is 12.7 Å². The minimum absolute atomic E-state index is 0.0465. The van der Waals surface area contributed by atoms with E-state index in [2.05, 4.69) is 11.3 Å². The zero-order valence-electron chi connectivity index (χ0n) is 6.58. The van der Waals surface area contributed by atoms with Gasteiger partial charge < -0.3 is 9.84 Å². The number of carbonyl (C=O) groups excluding carboxylic acids is 1. The van der Waals surface area contributed by atoms with Crippen molar-refractivity contribution in [1.82, 2.24) is 0 Å². The van der Waals surface area contributed by atoms with Gasteiger partial charge in [-0.1, -0.05) is 25.8 Å². The number of hydrogen-bond donors (Lipinski definition) is 1. The standard InChI is InChI=1S/C5H8O3.C3H6/c1-2-5(7)8-4-3-6;1-2-3-1/h2,6H,1,3-4H2;1-3H2. The molecule has 1 saturated carbocycles. The molecule has 0 bridgehead atoms. The van der Waals surface area contributed by atoms with E-state index in [1.54, 1.807) is 0 Å². The van der Waals surface area contributed by atoms with Gasteiger partial charge in [-0.15, -0.1) is 0 Å². The third-order valence-electron chi connectivity index (χ3n) is 0.856. The van der Waals surface area contributed by atoms with Crippen LogP contribution in [0, 0.1) is 0 Å². The number of esters is 1. The molecule has 0 spiro atoms. The molecule has 0 aromatic rings. The molecule has 1 rings (SSSR count). The first-order chi connectivity index (χ1) is 5.31. The molecule has 3 nitrogen and oxygen atoms in total. The highest BCUT2D eigenvalue weighted by Gasteiger charge is 1.95. The molecule has 0 saturated heterocycles. The third kappa shape index (κ3) is 12.4. The molecular formula is C8H14O3. The molecule has 3 heteroatoms. The summed E-state index contributed by atoms with van der Waals surface area (Å²) < 4.78 is 4.33. The van der Waals surface area contributed by atoms with Gasteiger partial charge in [-0.05, 0) is 0 Å². The summed E-state index contributed by atoms with van der Waals surface area (Å²) in [5.41, 5.74) is 0. The summed E-state index contributed by atoms with van der Waals surface area (Å²) in [5.74, 6) is -0.501. The maximum atomic E-state index is 10.1. The lowest BCUT2D eigenvalue weighted by atomic mass is 10.6. The first-order valence-corrected chi connectivity index (χ1v) is 3.71. The van der Waals surface area contributed by atoms with E-state index in [4.69, 9.17) is 5.11 Å². The maximum absolute atomic E-state index is 10.1. The molecule has 0 amide bonds. The molecule has 0 heterocycles. The van der Waals surface area contributed by atoms with Crippen LogP contribution in [0.2, 0.25) is 0 Å². The van der Waals surface area contributed by atoms with Gasteiger partial charge in [0.05, 0.1) is 6.61 Å². The molecule has 11 heavy (non-hydrogen) atoms. The molecule has 0 aromatic heterocycles. The molecule has 0 unspecified atom stereocenters. The molecule has 0 aliphatic heterocycles. The fourth-order valence-corrected chi connectivity index (χ4v) is 0.205. The molecule has 1 aliphatic carbocycles. The Labute approximate surface area is 66.7 Å². The van der Waals surface area contributed by atoms with Crippen molar-refractivity contribution < 1.29 is 14.6 Å². The van der Waals surface area contributed by atoms with E-state index in [1.807, 2.05) is 0 Å². The summed E-state index contributed by atoms with van der Waals surface area (Å²) in [6.45, 7) is 3.06. The van der Waals surface area contributed by atoms with Crippen molar-refractivity contribution in [3.63, 3.8) is 0 Å². The molecule has 0 aromatic carbocycles. The van der Waals surface area contributed by atoms with Crippen LogP contribution in [0.5, 0.6) is 0 Å². The lowest BCUT2D eigenvalue weighted by Crippen LogP contribution is -2.04. The summed E-state index contributed by atoms with van der Waals surface area (Å²) in [5, 5.41) is 8.10. The van der Waals surface area contributed by atoms with Gasteiger partial charge in [-0.3, -0.25) is 0 Å². The highest BCUT2D eigenvalue weighted by molar-refractivity contribution is 5.81. The Hall–Kier alpha value is -0.830. The Balaban J connectivity index is 0.000000271. The minimum atomic E-state index is -0.501. The zero-order chi connectivity index (χ0) is 8.53. The van der Waals surface area contributed by atoms with Crippen LogP contribution in [-0.2, 0) is 9.53 Å². The summed E-state index contributed by atoms with van der Waals surface area (Å²) in [4.78, 5) is 10.1. The van der Waals surface area contributed by atoms with Crippen LogP contribution in [0.25, 0.3) is 0 Å². The first-order valence-electron chi connectivity index (χ1n) is 3.71. The molecular weight excluding hydrogens is 144 g/mol. The van der Waals surface area contributed by atoms with E-state index in [0.717, 1.165) is 6.08 Å². The summed E-state index contributed by atoms with van der Waals surface area (Å²) in [7, 11) is 0. The van der Waals surface area contributed by atoms with Gasteiger partial charge in [0.15, 0.2) is 0 Å². The molecule has 0 radical (unpaired) electrons. The Kier molecular flexibility index (Phi) is 6.73. The lowest BCUT2D eigenvalue weighted by Gasteiger charge is -1.94. The number of carbonyl (C=O) groups is 1. The number of hydrogen-bond acceptors (Lipinski definition) is 3. The number of aliphatic hydroxyl groups excluding tert-OH is 1. The second kappa shape index (κ2) is 7.28. The van der Waals surface area contributed by atoms with Crippen LogP contribution in [0.4, 0.5) is 0 Å². The van der Waals surface area contributed by atoms with Crippen molar-refractivity contribution in [2.75, 3.05) is 13.2 Å². The fourth-order valence-electron chi connectivity index (χ4n) is 0.205. The number of ether oxygens (including phenoxy) is 1. The van der Waals surface area contributed by atoms with E-state index >= 15 is 0 Å². The van der Waals surface area contributed by atoms with Crippen molar-refractivity contribution in [3.8, 4) is 0 Å². The van der Waals surface area contributed by atoms with Crippen molar-refractivity contribution >= 4 is 5.97 Å². The highest BCUT2D eigenvalue weighted by atomic mass is 16.5. The van der Waals surface area contributed by atoms with E-state index in [1.165, 1.54) is 19.3 Å². The van der Waals surface area contributed by atoms with Crippen LogP contribution >= 0.6 is 0 Å². The molecule has 1 aliphatic rings. The summed E-state index contributed by atoms with van der Waals surface area (Å²) >= 11 is 0. The highest BCUT2D eigenvalue weighted by Crippen LogP contribution is 2.14. The van der Waals surface area contributed by atoms with Crippen LogP contribution in [0.1, 0.15) is 19.3 Å². The van der Waals surface area contributed by atoms with Gasteiger partial charge >= 0.3 is 5.97 Å². The second-order valence-corrected chi connectivity index (χ2v) is 2.16. The SMILES string of the molecule is C1CC1.C=CC(=O)OCCO. The van der Waals surface area contributed by atoms with E-state index in [9.17, 15) is 4.79 Å². The second-order valence-electron chi connectivity index (χ2n) is 2.16. The first kappa shape index (κ1) is 10.2. The van der Waals surface area contributed by atoms with Gasteiger partial charge in [0.25, 0.3) is 0 Å². The van der Waals surface area contributed by atoms with Gasteiger partial charge in [0.1, 0.15) is 6.61 Å². The molecule has 1 fully saturated rings. The van der Waals surface area contributed by atoms with Gasteiger partial charge in [-0.25, -0.2) is 4.79 Å². The minimum Gasteiger partial charge on any atom is -0.460 e. The maximum Gasteiger partial charge on any atom is 0.330 e. The fraction of sp³-hybridized carbons (Fsp3) is 0.625. The van der Waals surface area contributed by atoms with Crippen LogP contribution in [0.3, 0.4) is 0 Å². The molecule has 0 atom stereocenters. The van der Waals surface area contributed by atoms with Gasteiger partial charge in [0.2, 0.25) is 0 Å². The Bertz CT molecular complexity index is 116. The lowest BCUT2D eigenvalue weighted by molar-refractivity contribution is -0.138. The summed E-state index contributed by atoms with van der Waals surface area (Å²) in [6, 6.07) is 0. The molecule has 64 valence electrons. The Morgan fingerprint density at radius 2 is 2.09 bits per heavy atom. The van der Waals surface area contributed by atoms with Crippen molar-refractivity contribution in [3.05, 3.63) is 12.7 Å². The van der Waals surface area contributed by atoms with Crippen molar-refractivity contribution in [2.45, 2.75) is 19.3 Å². The monoisotopic (exact) mass is 158 g/mol. The predicted octanol–water partition coefficient (Wildman–Crippen LogP) is 0.878. The Morgan fingerprint density at radius 1 is 1.55 bits per heavy atom. The van der Waals surface area contributed by atoms with Crippen LogP contribution in [-0.4, -0.2) is 24.3 Å². The van der Waals surface area contributed by atoms with Gasteiger partial charge in [0, 0.05) is 6.08 Å². The smallest absolute Gasteiger partial charge is 0.330 e. The number of aliphatic hydroxyl groups is 1. The normalized spacial score (nSPS) is 12.5. The largest absolute Gasteiger partial charge is 0.460 e. The van der Waals surface area contributed by atoms with Crippen LogP contribution < -0.4 is 0 Å². The van der Waals surface area contributed by atoms with E-state index in [-0.39, 0.29) is 13.2 Å². The van der Waals surface area contributed by atoms with E-state index < -0.39 is 5.97 Å². The Morgan fingerprint density at radius 3 is 2.36 bits per heavy atom. The molecule has 1 N–H and O–H groups in total. The average Bonchev–Trinajstić information content (AvgIpc) is 2.85. The topological polar surface area (TPSA) is 46.5 Å². The number of rotatable bonds is 3. The summed E-state index contributed by atoms with van der Waals surface area (Å²) in [6.07, 6.45) is 5.55. The predicted molar refractivity (Wildman–Crippen MR) is 42.1 cm³/mol. The zero-order valence-corrected chi connectivity index (χ0v) is 6.58. The van der Waals surface area contributed by atoms with Crippen molar-refractivity contribution in [1.29, 1.82) is 0 Å². The van der Waals surface area contributed by atoms with Gasteiger partial charge in [-0.2, -0.15) is 0 Å². The quantitative estimate of drug-likeness (QED) is 0.490. The third-order valence-corrected chi connectivity index (χ3v) is 0.856. The average molecular weight is 158 g/mol.